The zero-order valence-corrected chi connectivity index (χ0v) is 8.92. The summed E-state index contributed by atoms with van der Waals surface area (Å²) in [6, 6.07) is 3.34. The topological polar surface area (TPSA) is 74.6 Å². The molecule has 0 unspecified atom stereocenters. The van der Waals surface area contributed by atoms with Gasteiger partial charge < -0.3 is 10.2 Å². The molecule has 1 aromatic rings. The quantitative estimate of drug-likeness (QED) is 0.753. The second-order valence-electron chi connectivity index (χ2n) is 3.74. The average molecular weight is 228 g/mol. The molecule has 1 aliphatic heterocycles. The minimum atomic E-state index is -3.02. The summed E-state index contributed by atoms with van der Waals surface area (Å²) in [5.41, 5.74) is 2.70. The molecular weight excluding hydrogens is 216 g/mol. The molecule has 0 saturated heterocycles. The lowest BCUT2D eigenvalue weighted by molar-refractivity contribution is 0.260. The minimum absolute atomic E-state index is 0.0427. The molecule has 82 valence electrons. The van der Waals surface area contributed by atoms with Crippen LogP contribution in [0.1, 0.15) is 22.3 Å². The van der Waals surface area contributed by atoms with Gasteiger partial charge in [-0.3, -0.25) is 0 Å². The molecule has 0 spiro atoms. The van der Waals surface area contributed by atoms with Crippen molar-refractivity contribution in [3.63, 3.8) is 0 Å². The Labute approximate surface area is 88.1 Å². The van der Waals surface area contributed by atoms with Crippen molar-refractivity contribution in [2.45, 2.75) is 24.7 Å². The van der Waals surface area contributed by atoms with E-state index in [1.54, 1.807) is 12.1 Å². The van der Waals surface area contributed by atoms with Crippen molar-refractivity contribution in [2.24, 2.45) is 0 Å². The first-order valence-electron chi connectivity index (χ1n) is 4.61. The lowest BCUT2D eigenvalue weighted by Gasteiger charge is -2.07. The van der Waals surface area contributed by atoms with Gasteiger partial charge >= 0.3 is 0 Å². The molecule has 2 N–H and O–H groups in total. The third-order valence-electron chi connectivity index (χ3n) is 2.61. The molecule has 4 nitrogen and oxygen atoms in total. The van der Waals surface area contributed by atoms with E-state index in [-0.39, 0.29) is 24.7 Å². The number of hydrogen-bond donors (Lipinski definition) is 2. The average Bonchev–Trinajstić information content (AvgIpc) is 2.48. The van der Waals surface area contributed by atoms with Crippen LogP contribution < -0.4 is 0 Å². The number of sulfone groups is 1. The van der Waals surface area contributed by atoms with E-state index < -0.39 is 9.84 Å². The Hall–Kier alpha value is -0.910. The highest BCUT2D eigenvalue weighted by Gasteiger charge is 2.25. The number of hydrogen-bond acceptors (Lipinski definition) is 4. The van der Waals surface area contributed by atoms with Crippen LogP contribution in [0.4, 0.5) is 0 Å². The Morgan fingerprint density at radius 2 is 1.40 bits per heavy atom. The van der Waals surface area contributed by atoms with Gasteiger partial charge in [-0.1, -0.05) is 12.1 Å². The van der Waals surface area contributed by atoms with Gasteiger partial charge in [-0.05, 0) is 22.3 Å². The zero-order valence-electron chi connectivity index (χ0n) is 8.10. The molecule has 1 aliphatic rings. The van der Waals surface area contributed by atoms with Crippen LogP contribution in [0.15, 0.2) is 12.1 Å². The second-order valence-corrected chi connectivity index (χ2v) is 5.80. The largest absolute Gasteiger partial charge is 0.392 e. The lowest BCUT2D eigenvalue weighted by Crippen LogP contribution is -1.97. The van der Waals surface area contributed by atoms with E-state index in [1.165, 1.54) is 0 Å². The van der Waals surface area contributed by atoms with E-state index in [2.05, 4.69) is 0 Å². The van der Waals surface area contributed by atoms with Gasteiger partial charge in [-0.15, -0.1) is 0 Å². The molecular formula is C10H12O4S. The minimum Gasteiger partial charge on any atom is -0.392 e. The van der Waals surface area contributed by atoms with Gasteiger partial charge in [-0.25, -0.2) is 8.42 Å². The highest BCUT2D eigenvalue weighted by molar-refractivity contribution is 7.90. The van der Waals surface area contributed by atoms with Gasteiger partial charge in [0.15, 0.2) is 9.84 Å². The molecule has 0 aliphatic carbocycles. The summed E-state index contributed by atoms with van der Waals surface area (Å²) in [5, 5.41) is 18.1. The van der Waals surface area contributed by atoms with E-state index in [0.717, 1.165) is 11.1 Å². The summed E-state index contributed by atoms with van der Waals surface area (Å²) in [5.74, 6) is 0.0854. The third-order valence-corrected chi connectivity index (χ3v) is 4.12. The number of rotatable bonds is 2. The fourth-order valence-electron chi connectivity index (χ4n) is 1.88. The summed E-state index contributed by atoms with van der Waals surface area (Å²) in [6.07, 6.45) is 0. The maximum Gasteiger partial charge on any atom is 0.158 e. The molecule has 0 radical (unpaired) electrons. The molecule has 2 rings (SSSR count). The first-order valence-corrected chi connectivity index (χ1v) is 6.43. The van der Waals surface area contributed by atoms with Crippen molar-refractivity contribution in [1.82, 2.24) is 0 Å². The molecule has 0 amide bonds. The normalized spacial score (nSPS) is 17.7. The summed E-state index contributed by atoms with van der Waals surface area (Å²) >= 11 is 0. The number of fused-ring (bicyclic) bond motifs is 1. The van der Waals surface area contributed by atoms with Gasteiger partial charge in [0.25, 0.3) is 0 Å². The van der Waals surface area contributed by atoms with Gasteiger partial charge in [0.2, 0.25) is 0 Å². The van der Waals surface area contributed by atoms with Gasteiger partial charge in [0.05, 0.1) is 24.7 Å². The van der Waals surface area contributed by atoms with Gasteiger partial charge in [-0.2, -0.15) is 0 Å². The SMILES string of the molecule is O=S1(=O)Cc2cc(CO)c(CO)cc2C1. The van der Waals surface area contributed by atoms with Crippen LogP contribution >= 0.6 is 0 Å². The second kappa shape index (κ2) is 3.59. The fraction of sp³-hybridized carbons (Fsp3) is 0.400. The van der Waals surface area contributed by atoms with E-state index >= 15 is 0 Å². The van der Waals surface area contributed by atoms with Gasteiger partial charge in [0, 0.05) is 0 Å². The molecule has 1 aromatic carbocycles. The van der Waals surface area contributed by atoms with Crippen molar-refractivity contribution in [3.05, 3.63) is 34.4 Å². The highest BCUT2D eigenvalue weighted by Crippen LogP contribution is 2.28. The molecule has 15 heavy (non-hydrogen) atoms. The van der Waals surface area contributed by atoms with Crippen LogP contribution in [0.3, 0.4) is 0 Å². The first kappa shape index (κ1) is 10.6. The molecule has 0 saturated carbocycles. The first-order chi connectivity index (χ1) is 7.05. The van der Waals surface area contributed by atoms with Crippen LogP contribution in [-0.4, -0.2) is 18.6 Å². The Morgan fingerprint density at radius 1 is 1.00 bits per heavy atom. The Kier molecular flexibility index (Phi) is 2.54. The number of aliphatic hydroxyl groups excluding tert-OH is 2. The third kappa shape index (κ3) is 1.90. The summed E-state index contributed by atoms with van der Waals surface area (Å²) < 4.78 is 22.7. The van der Waals surface area contributed by atoms with E-state index in [4.69, 9.17) is 10.2 Å². The predicted molar refractivity (Wildman–Crippen MR) is 54.6 cm³/mol. The molecule has 0 atom stereocenters. The Morgan fingerprint density at radius 3 is 1.73 bits per heavy atom. The summed E-state index contributed by atoms with van der Waals surface area (Å²) in [6.45, 7) is -0.355. The van der Waals surface area contributed by atoms with Gasteiger partial charge in [0.1, 0.15) is 0 Å². The van der Waals surface area contributed by atoms with Crippen molar-refractivity contribution in [3.8, 4) is 0 Å². The van der Waals surface area contributed by atoms with Crippen molar-refractivity contribution in [1.29, 1.82) is 0 Å². The summed E-state index contributed by atoms with van der Waals surface area (Å²) in [7, 11) is -3.02. The highest BCUT2D eigenvalue weighted by atomic mass is 32.2. The zero-order chi connectivity index (χ0) is 11.1. The molecule has 0 aromatic heterocycles. The van der Waals surface area contributed by atoms with E-state index in [9.17, 15) is 8.42 Å². The van der Waals surface area contributed by atoms with Crippen molar-refractivity contribution in [2.75, 3.05) is 0 Å². The van der Waals surface area contributed by atoms with Crippen LogP contribution in [0, 0.1) is 0 Å². The molecule has 0 bridgehead atoms. The van der Waals surface area contributed by atoms with E-state index in [1.807, 2.05) is 0 Å². The number of aliphatic hydroxyl groups is 2. The van der Waals surface area contributed by atoms with Crippen LogP contribution in [0.25, 0.3) is 0 Å². The van der Waals surface area contributed by atoms with Crippen LogP contribution in [0.5, 0.6) is 0 Å². The molecule has 0 fully saturated rings. The monoisotopic (exact) mass is 228 g/mol. The predicted octanol–water partition coefficient (Wildman–Crippen LogP) is 0.0996. The van der Waals surface area contributed by atoms with Crippen LogP contribution in [0.2, 0.25) is 0 Å². The van der Waals surface area contributed by atoms with Crippen LogP contribution in [-0.2, 0) is 34.6 Å². The number of benzene rings is 1. The standard InChI is InChI=1S/C10H12O4S/c11-3-7-1-9-5-15(13,14)6-10(9)2-8(7)4-12/h1-2,11-12H,3-6H2. The lowest BCUT2D eigenvalue weighted by atomic mass is 10.0. The fourth-order valence-corrected chi connectivity index (χ4v) is 3.47. The molecule has 5 heteroatoms. The van der Waals surface area contributed by atoms with Crippen molar-refractivity contribution < 1.29 is 18.6 Å². The Bertz CT molecular complexity index is 451. The molecule has 1 heterocycles. The Balaban J connectivity index is 2.53. The smallest absolute Gasteiger partial charge is 0.158 e. The summed E-state index contributed by atoms with van der Waals surface area (Å²) in [4.78, 5) is 0. The maximum absolute atomic E-state index is 11.4. The van der Waals surface area contributed by atoms with E-state index in [0.29, 0.717) is 11.1 Å². The maximum atomic E-state index is 11.4. The van der Waals surface area contributed by atoms with Crippen molar-refractivity contribution >= 4 is 9.84 Å².